The zero-order valence-corrected chi connectivity index (χ0v) is 13.1. The molecule has 0 aliphatic heterocycles. The van der Waals surface area contributed by atoms with Crippen LogP contribution in [0, 0.1) is 5.82 Å². The first kappa shape index (κ1) is 13.5. The molecule has 1 atom stereocenters. The van der Waals surface area contributed by atoms with Gasteiger partial charge in [-0.05, 0) is 49.6 Å². The molecule has 0 aliphatic rings. The van der Waals surface area contributed by atoms with E-state index < -0.39 is 11.9 Å². The summed E-state index contributed by atoms with van der Waals surface area (Å²) in [4.78, 5) is 0.913. The Bertz CT molecular complexity index is 539. The number of benzene rings is 1. The Morgan fingerprint density at radius 1 is 1.35 bits per heavy atom. The van der Waals surface area contributed by atoms with E-state index in [1.54, 1.807) is 12.1 Å². The number of thiophene rings is 1. The second-order valence-corrected chi connectivity index (χ2v) is 7.03. The van der Waals surface area contributed by atoms with Crippen molar-refractivity contribution in [1.82, 2.24) is 0 Å². The van der Waals surface area contributed by atoms with Crippen LogP contribution >= 0.6 is 54.8 Å². The normalized spacial score (nSPS) is 12.8. The lowest BCUT2D eigenvalue weighted by Gasteiger charge is -2.12. The zero-order valence-electron chi connectivity index (χ0n) is 8.38. The van der Waals surface area contributed by atoms with Gasteiger partial charge in [-0.2, -0.15) is 0 Å². The van der Waals surface area contributed by atoms with Crippen molar-refractivity contribution in [3.05, 3.63) is 53.8 Å². The third-order valence-electron chi connectivity index (χ3n) is 2.29. The van der Waals surface area contributed by atoms with Crippen molar-refractivity contribution in [2.24, 2.45) is 5.73 Å². The molecule has 1 aromatic heterocycles. The lowest BCUT2D eigenvalue weighted by Crippen LogP contribution is -2.11. The maximum atomic E-state index is 13.3. The van der Waals surface area contributed by atoms with E-state index in [1.165, 1.54) is 17.4 Å². The predicted molar refractivity (Wildman–Crippen MR) is 77.2 cm³/mol. The van der Waals surface area contributed by atoms with Crippen molar-refractivity contribution in [3.63, 3.8) is 0 Å². The van der Waals surface area contributed by atoms with Gasteiger partial charge in [-0.15, -0.1) is 11.3 Å². The Balaban J connectivity index is 2.43. The fourth-order valence-corrected chi connectivity index (χ4v) is 3.78. The Morgan fingerprint density at radius 3 is 2.65 bits per heavy atom. The van der Waals surface area contributed by atoms with Gasteiger partial charge >= 0.3 is 0 Å². The monoisotopic (exact) mass is 397 g/mol. The van der Waals surface area contributed by atoms with E-state index in [4.69, 9.17) is 17.3 Å². The number of hydrogen-bond acceptors (Lipinski definition) is 2. The molecule has 2 rings (SSSR count). The molecule has 90 valence electrons. The Kier molecular flexibility index (Phi) is 4.26. The lowest BCUT2D eigenvalue weighted by molar-refractivity contribution is 0.624. The van der Waals surface area contributed by atoms with Gasteiger partial charge in [0.15, 0.2) is 0 Å². The van der Waals surface area contributed by atoms with E-state index in [2.05, 4.69) is 31.9 Å². The minimum Gasteiger partial charge on any atom is -0.320 e. The summed E-state index contributed by atoms with van der Waals surface area (Å²) in [6.45, 7) is 0. The van der Waals surface area contributed by atoms with Crippen LogP contribution in [0.4, 0.5) is 4.39 Å². The predicted octanol–water partition coefficient (Wildman–Crippen LogP) is 5.11. The molecule has 1 heterocycles. The highest BCUT2D eigenvalue weighted by Gasteiger charge is 2.18. The van der Waals surface area contributed by atoms with Crippen LogP contribution in [-0.2, 0) is 0 Å². The smallest absolute Gasteiger partial charge is 0.142 e. The molecular weight excluding hydrogens is 392 g/mol. The molecule has 0 bridgehead atoms. The number of hydrogen-bond donors (Lipinski definition) is 1. The van der Waals surface area contributed by atoms with Crippen molar-refractivity contribution in [1.29, 1.82) is 0 Å². The minimum atomic E-state index is -0.450. The third-order valence-corrected chi connectivity index (χ3v) is 6.03. The topological polar surface area (TPSA) is 26.0 Å². The molecule has 1 unspecified atom stereocenters. The van der Waals surface area contributed by atoms with Crippen LogP contribution in [0.25, 0.3) is 0 Å². The van der Waals surface area contributed by atoms with Crippen molar-refractivity contribution in [2.75, 3.05) is 0 Å². The minimum absolute atomic E-state index is 0.0839. The van der Waals surface area contributed by atoms with Gasteiger partial charge in [0.2, 0.25) is 0 Å². The van der Waals surface area contributed by atoms with Gasteiger partial charge < -0.3 is 5.73 Å². The summed E-state index contributed by atoms with van der Waals surface area (Å²) in [6, 6.07) is 6.14. The third kappa shape index (κ3) is 2.74. The fraction of sp³-hybridized carbons (Fsp3) is 0.0909. The number of nitrogens with two attached hydrogens (primary N) is 1. The van der Waals surface area contributed by atoms with Crippen LogP contribution < -0.4 is 5.73 Å². The molecular formula is C11H7Br2ClFNS. The van der Waals surface area contributed by atoms with Crippen LogP contribution in [0.5, 0.6) is 0 Å². The first-order valence-corrected chi connectivity index (χ1v) is 7.43. The maximum Gasteiger partial charge on any atom is 0.142 e. The van der Waals surface area contributed by atoms with Gasteiger partial charge in [-0.1, -0.05) is 23.7 Å². The Morgan fingerprint density at radius 2 is 2.06 bits per heavy atom. The molecule has 0 saturated heterocycles. The highest BCUT2D eigenvalue weighted by Crippen LogP contribution is 2.38. The molecule has 0 aliphatic carbocycles. The lowest BCUT2D eigenvalue weighted by atomic mass is 10.1. The summed E-state index contributed by atoms with van der Waals surface area (Å²) < 4.78 is 15.2. The molecule has 0 saturated carbocycles. The van der Waals surface area contributed by atoms with Gasteiger partial charge in [0.25, 0.3) is 0 Å². The highest BCUT2D eigenvalue weighted by molar-refractivity contribution is 9.13. The molecule has 1 aromatic carbocycles. The molecule has 6 heteroatoms. The van der Waals surface area contributed by atoms with E-state index in [0.29, 0.717) is 5.56 Å². The molecule has 0 fully saturated rings. The summed E-state index contributed by atoms with van der Waals surface area (Å²) >= 11 is 14.2. The van der Waals surface area contributed by atoms with Crippen LogP contribution in [0.1, 0.15) is 16.5 Å². The summed E-state index contributed by atoms with van der Waals surface area (Å²) in [5.74, 6) is -0.450. The Labute approximate surface area is 124 Å². The summed E-state index contributed by atoms with van der Waals surface area (Å²) in [6.07, 6.45) is 0. The van der Waals surface area contributed by atoms with Crippen molar-refractivity contribution in [3.8, 4) is 0 Å². The van der Waals surface area contributed by atoms with E-state index in [-0.39, 0.29) is 5.02 Å². The Hall–Kier alpha value is 0.0600. The molecule has 0 spiro atoms. The first-order valence-electron chi connectivity index (χ1n) is 4.65. The van der Waals surface area contributed by atoms with Crippen LogP contribution in [0.3, 0.4) is 0 Å². The molecule has 2 N–H and O–H groups in total. The van der Waals surface area contributed by atoms with Crippen molar-refractivity contribution >= 4 is 54.8 Å². The van der Waals surface area contributed by atoms with Gasteiger partial charge in [0, 0.05) is 9.35 Å². The number of halogens is 4. The van der Waals surface area contributed by atoms with E-state index in [9.17, 15) is 4.39 Å². The zero-order chi connectivity index (χ0) is 12.6. The average molecular weight is 400 g/mol. The van der Waals surface area contributed by atoms with E-state index in [0.717, 1.165) is 13.1 Å². The van der Waals surface area contributed by atoms with Crippen molar-refractivity contribution in [2.45, 2.75) is 6.04 Å². The summed E-state index contributed by atoms with van der Waals surface area (Å²) in [7, 11) is 0. The SMILES string of the molecule is NC(c1cc(Br)c(Br)s1)c1cccc(F)c1Cl. The summed E-state index contributed by atoms with van der Waals surface area (Å²) in [5.41, 5.74) is 6.68. The molecule has 2 aromatic rings. The standard InChI is InChI=1S/C11H7Br2ClFNS/c12-6-4-8(17-11(6)13)10(16)5-2-1-3-7(15)9(5)14/h1-4,10H,16H2. The maximum absolute atomic E-state index is 13.3. The van der Waals surface area contributed by atoms with Crippen LogP contribution in [0.2, 0.25) is 5.02 Å². The second-order valence-electron chi connectivity index (χ2n) is 3.39. The van der Waals surface area contributed by atoms with E-state index in [1.807, 2.05) is 6.07 Å². The van der Waals surface area contributed by atoms with Gasteiger partial charge in [-0.25, -0.2) is 4.39 Å². The molecule has 0 amide bonds. The first-order chi connectivity index (χ1) is 8.00. The van der Waals surface area contributed by atoms with Gasteiger partial charge in [0.1, 0.15) is 5.82 Å². The second kappa shape index (κ2) is 5.36. The van der Waals surface area contributed by atoms with E-state index >= 15 is 0 Å². The quantitative estimate of drug-likeness (QED) is 0.746. The molecule has 17 heavy (non-hydrogen) atoms. The average Bonchev–Trinajstić information content (AvgIpc) is 2.62. The van der Waals surface area contributed by atoms with Crippen LogP contribution in [0.15, 0.2) is 32.5 Å². The summed E-state index contributed by atoms with van der Waals surface area (Å²) in [5, 5.41) is 0.0839. The largest absolute Gasteiger partial charge is 0.320 e. The van der Waals surface area contributed by atoms with Crippen LogP contribution in [-0.4, -0.2) is 0 Å². The molecule has 1 nitrogen and oxygen atoms in total. The highest BCUT2D eigenvalue weighted by atomic mass is 79.9. The fourth-order valence-electron chi connectivity index (χ4n) is 1.43. The van der Waals surface area contributed by atoms with Crippen molar-refractivity contribution < 1.29 is 4.39 Å². The van der Waals surface area contributed by atoms with Gasteiger partial charge in [-0.3, -0.25) is 0 Å². The number of rotatable bonds is 2. The molecule has 0 radical (unpaired) electrons. The van der Waals surface area contributed by atoms with Gasteiger partial charge in [0.05, 0.1) is 14.9 Å².